The second-order valence-corrected chi connectivity index (χ2v) is 7.18. The third kappa shape index (κ3) is 6.03. The van der Waals surface area contributed by atoms with E-state index in [0.717, 1.165) is 17.4 Å². The Balaban J connectivity index is 2.81. The first kappa shape index (κ1) is 18.4. The molecule has 0 atom stereocenters. The Morgan fingerprint density at radius 2 is 1.82 bits per heavy atom. The van der Waals surface area contributed by atoms with Crippen LogP contribution in [0.5, 0.6) is 0 Å². The summed E-state index contributed by atoms with van der Waals surface area (Å²) in [6, 6.07) is 5.58. The average Bonchev–Trinajstić information content (AvgIpc) is 2.36. The number of methoxy groups -OCH3 is 1. The fraction of sp³-hybridized carbons (Fsp3) is 0.533. The summed E-state index contributed by atoms with van der Waals surface area (Å²) in [5.41, 5.74) is 2.55. The highest BCUT2D eigenvalue weighted by Gasteiger charge is 2.19. The van der Waals surface area contributed by atoms with Crippen molar-refractivity contribution >= 4 is 21.6 Å². The summed E-state index contributed by atoms with van der Waals surface area (Å²) in [4.78, 5) is 11.7. The smallest absolute Gasteiger partial charge is 0.232 e. The molecule has 6 nitrogen and oxygen atoms in total. The molecule has 0 fully saturated rings. The summed E-state index contributed by atoms with van der Waals surface area (Å²) in [5, 5.41) is 2.68. The van der Waals surface area contributed by atoms with Crippen molar-refractivity contribution in [2.45, 2.75) is 20.3 Å². The summed E-state index contributed by atoms with van der Waals surface area (Å²) < 4.78 is 30.1. The largest absolute Gasteiger partial charge is 0.383 e. The Bertz CT molecular complexity index is 594. The van der Waals surface area contributed by atoms with E-state index < -0.39 is 10.0 Å². The predicted octanol–water partition coefficient (Wildman–Crippen LogP) is 1.22. The van der Waals surface area contributed by atoms with Crippen molar-refractivity contribution in [2.24, 2.45) is 0 Å². The minimum absolute atomic E-state index is 0.101. The molecule has 1 aromatic rings. The lowest BCUT2D eigenvalue weighted by Crippen LogP contribution is -2.35. The molecule has 0 radical (unpaired) electrons. The Morgan fingerprint density at radius 1 is 1.23 bits per heavy atom. The Morgan fingerprint density at radius 3 is 2.32 bits per heavy atom. The van der Waals surface area contributed by atoms with Crippen LogP contribution in [0, 0.1) is 13.8 Å². The van der Waals surface area contributed by atoms with Crippen LogP contribution in [0.2, 0.25) is 0 Å². The number of carbonyl (C=O) groups excluding carboxylic acids is 1. The molecule has 0 aliphatic heterocycles. The number of nitrogens with one attached hydrogen (secondary N) is 1. The molecular weight excluding hydrogens is 304 g/mol. The minimum atomic E-state index is -3.44. The van der Waals surface area contributed by atoms with E-state index in [0.29, 0.717) is 18.8 Å². The number of amides is 1. The molecule has 0 aromatic heterocycles. The number of nitrogens with zero attached hydrogens (tertiary/aromatic N) is 1. The van der Waals surface area contributed by atoms with E-state index in [-0.39, 0.29) is 18.9 Å². The fourth-order valence-corrected chi connectivity index (χ4v) is 3.08. The van der Waals surface area contributed by atoms with Crippen molar-refractivity contribution in [3.05, 3.63) is 29.3 Å². The topological polar surface area (TPSA) is 75.7 Å². The summed E-state index contributed by atoms with van der Waals surface area (Å²) >= 11 is 0. The summed E-state index contributed by atoms with van der Waals surface area (Å²) in [7, 11) is -1.89. The van der Waals surface area contributed by atoms with Gasteiger partial charge in [-0.05, 0) is 37.1 Å². The zero-order valence-electron chi connectivity index (χ0n) is 13.5. The van der Waals surface area contributed by atoms with Crippen LogP contribution in [0.1, 0.15) is 17.5 Å². The van der Waals surface area contributed by atoms with Crippen molar-refractivity contribution in [2.75, 3.05) is 37.4 Å². The number of rotatable bonds is 8. The quantitative estimate of drug-likeness (QED) is 0.728. The van der Waals surface area contributed by atoms with Crippen LogP contribution in [-0.2, 0) is 19.6 Å². The SMILES string of the molecule is COCCNC(=O)CCN(c1cc(C)cc(C)c1)S(C)(=O)=O. The molecule has 0 saturated heterocycles. The molecule has 1 rings (SSSR count). The molecule has 0 spiro atoms. The van der Waals surface area contributed by atoms with E-state index in [1.165, 1.54) is 4.31 Å². The zero-order chi connectivity index (χ0) is 16.8. The minimum Gasteiger partial charge on any atom is -0.383 e. The maximum absolute atomic E-state index is 12.0. The number of anilines is 1. The third-order valence-electron chi connectivity index (χ3n) is 3.07. The van der Waals surface area contributed by atoms with Crippen LogP contribution in [0.25, 0.3) is 0 Å². The molecule has 7 heteroatoms. The number of carbonyl (C=O) groups is 1. The van der Waals surface area contributed by atoms with Crippen molar-refractivity contribution < 1.29 is 17.9 Å². The van der Waals surface area contributed by atoms with Crippen molar-refractivity contribution in [3.63, 3.8) is 0 Å². The van der Waals surface area contributed by atoms with Crippen molar-refractivity contribution in [1.29, 1.82) is 0 Å². The Kier molecular flexibility index (Phi) is 6.83. The normalized spacial score (nSPS) is 11.3. The van der Waals surface area contributed by atoms with E-state index in [9.17, 15) is 13.2 Å². The maximum atomic E-state index is 12.0. The van der Waals surface area contributed by atoms with E-state index in [4.69, 9.17) is 4.74 Å². The van der Waals surface area contributed by atoms with Crippen molar-refractivity contribution in [1.82, 2.24) is 5.32 Å². The number of hydrogen-bond donors (Lipinski definition) is 1. The number of hydrogen-bond acceptors (Lipinski definition) is 4. The van der Waals surface area contributed by atoms with Gasteiger partial charge in [0, 0.05) is 26.6 Å². The van der Waals surface area contributed by atoms with Gasteiger partial charge in [0.1, 0.15) is 0 Å². The molecule has 0 bridgehead atoms. The number of sulfonamides is 1. The Hall–Kier alpha value is -1.60. The Labute approximate surface area is 132 Å². The molecule has 22 heavy (non-hydrogen) atoms. The average molecular weight is 328 g/mol. The monoisotopic (exact) mass is 328 g/mol. The lowest BCUT2D eigenvalue weighted by Gasteiger charge is -2.23. The van der Waals surface area contributed by atoms with Crippen LogP contribution < -0.4 is 9.62 Å². The van der Waals surface area contributed by atoms with Gasteiger partial charge in [0.25, 0.3) is 0 Å². The van der Waals surface area contributed by atoms with Gasteiger partial charge in [-0.2, -0.15) is 0 Å². The fourth-order valence-electron chi connectivity index (χ4n) is 2.17. The van der Waals surface area contributed by atoms with Crippen LogP contribution >= 0.6 is 0 Å². The highest BCUT2D eigenvalue weighted by atomic mass is 32.2. The zero-order valence-corrected chi connectivity index (χ0v) is 14.4. The van der Waals surface area contributed by atoms with Crippen molar-refractivity contribution in [3.8, 4) is 0 Å². The lowest BCUT2D eigenvalue weighted by atomic mass is 10.1. The molecule has 0 heterocycles. The van der Waals surface area contributed by atoms with Gasteiger partial charge in [-0.3, -0.25) is 9.10 Å². The van der Waals surface area contributed by atoms with Crippen LogP contribution in [0.3, 0.4) is 0 Å². The maximum Gasteiger partial charge on any atom is 0.232 e. The van der Waals surface area contributed by atoms with Gasteiger partial charge in [-0.1, -0.05) is 6.07 Å². The van der Waals surface area contributed by atoms with Gasteiger partial charge in [0.2, 0.25) is 15.9 Å². The first-order chi connectivity index (χ1) is 10.2. The standard InChI is InChI=1S/C15H24N2O4S/c1-12-9-13(2)11-14(10-12)17(22(4,19)20)7-5-15(18)16-6-8-21-3/h9-11H,5-8H2,1-4H3,(H,16,18). The predicted molar refractivity (Wildman–Crippen MR) is 87.6 cm³/mol. The molecule has 1 amide bonds. The van der Waals surface area contributed by atoms with E-state index in [1.54, 1.807) is 19.2 Å². The van der Waals surface area contributed by atoms with E-state index in [2.05, 4.69) is 5.32 Å². The van der Waals surface area contributed by atoms with Gasteiger partial charge >= 0.3 is 0 Å². The van der Waals surface area contributed by atoms with Gasteiger partial charge in [-0.15, -0.1) is 0 Å². The first-order valence-electron chi connectivity index (χ1n) is 7.05. The lowest BCUT2D eigenvalue weighted by molar-refractivity contribution is -0.121. The highest BCUT2D eigenvalue weighted by Crippen LogP contribution is 2.21. The third-order valence-corrected chi connectivity index (χ3v) is 4.26. The molecule has 1 aromatic carbocycles. The molecule has 0 aliphatic rings. The van der Waals surface area contributed by atoms with E-state index in [1.807, 2.05) is 19.9 Å². The number of benzene rings is 1. The molecular formula is C15H24N2O4S. The van der Waals surface area contributed by atoms with Gasteiger partial charge < -0.3 is 10.1 Å². The van der Waals surface area contributed by atoms with Gasteiger partial charge in [0.05, 0.1) is 18.6 Å². The van der Waals surface area contributed by atoms with Gasteiger partial charge in [-0.25, -0.2) is 8.42 Å². The van der Waals surface area contributed by atoms with E-state index >= 15 is 0 Å². The second-order valence-electron chi connectivity index (χ2n) is 5.27. The highest BCUT2D eigenvalue weighted by molar-refractivity contribution is 7.92. The second kappa shape index (κ2) is 8.14. The first-order valence-corrected chi connectivity index (χ1v) is 8.90. The van der Waals surface area contributed by atoms with Crippen LogP contribution in [-0.4, -0.2) is 47.4 Å². The summed E-state index contributed by atoms with van der Waals surface area (Å²) in [6.45, 7) is 4.78. The summed E-state index contributed by atoms with van der Waals surface area (Å²) in [5.74, 6) is -0.199. The number of aryl methyl sites for hydroxylation is 2. The number of ether oxygens (including phenoxy) is 1. The molecule has 0 saturated carbocycles. The molecule has 0 unspecified atom stereocenters. The summed E-state index contributed by atoms with van der Waals surface area (Å²) in [6.07, 6.45) is 1.25. The molecule has 124 valence electrons. The molecule has 1 N–H and O–H groups in total. The van der Waals surface area contributed by atoms with Gasteiger partial charge in [0.15, 0.2) is 0 Å². The molecule has 0 aliphatic carbocycles. The van der Waals surface area contributed by atoms with Crippen LogP contribution in [0.15, 0.2) is 18.2 Å². The van der Waals surface area contributed by atoms with Crippen LogP contribution in [0.4, 0.5) is 5.69 Å².